The quantitative estimate of drug-likeness (QED) is 0.645. The number of carbonyl (C=O) groups excluding carboxylic acids is 4. The van der Waals surface area contributed by atoms with Crippen LogP contribution in [-0.2, 0) is 25.5 Å². The molecule has 3 amide bonds. The number of rotatable bonds is 6. The highest BCUT2D eigenvalue weighted by Gasteiger charge is 2.40. The second kappa shape index (κ2) is 10.7. The van der Waals surface area contributed by atoms with Gasteiger partial charge in [-0.1, -0.05) is 31.0 Å². The molecule has 0 aromatic heterocycles. The zero-order chi connectivity index (χ0) is 24.9. The fourth-order valence-electron chi connectivity index (χ4n) is 4.87. The van der Waals surface area contributed by atoms with Gasteiger partial charge in [-0.15, -0.1) is 0 Å². The summed E-state index contributed by atoms with van der Waals surface area (Å²) in [5.41, 5.74) is 3.08. The Balaban J connectivity index is 1.33. The lowest BCUT2D eigenvalue weighted by molar-refractivity contribution is -0.156. The Bertz CT molecular complexity index is 1110. The molecule has 0 saturated heterocycles. The van der Waals surface area contributed by atoms with E-state index < -0.39 is 30.3 Å². The Hall–Kier alpha value is -3.68. The molecule has 2 aliphatic rings. The van der Waals surface area contributed by atoms with E-state index in [-0.39, 0.29) is 11.8 Å². The van der Waals surface area contributed by atoms with E-state index in [1.165, 1.54) is 4.90 Å². The van der Waals surface area contributed by atoms with Crippen molar-refractivity contribution in [2.45, 2.75) is 32.1 Å². The third-order valence-electron chi connectivity index (χ3n) is 6.71. The van der Waals surface area contributed by atoms with Crippen LogP contribution in [0.15, 0.2) is 48.5 Å². The average Bonchev–Trinajstić information content (AvgIpc) is 3.31. The maximum Gasteiger partial charge on any atom is 0.310 e. The summed E-state index contributed by atoms with van der Waals surface area (Å²) in [4.78, 5) is 53.9. The van der Waals surface area contributed by atoms with Crippen molar-refractivity contribution in [3.63, 3.8) is 0 Å². The number of ether oxygens (including phenoxy) is 1. The van der Waals surface area contributed by atoms with Crippen molar-refractivity contribution >= 4 is 35.1 Å². The first-order chi connectivity index (χ1) is 16.8. The average molecular weight is 478 g/mol. The van der Waals surface area contributed by atoms with E-state index in [2.05, 4.69) is 5.32 Å². The Kier molecular flexibility index (Phi) is 7.48. The lowest BCUT2D eigenvalue weighted by atomic mass is 9.78. The number of carbonyl (C=O) groups is 4. The normalized spacial score (nSPS) is 19.0. The summed E-state index contributed by atoms with van der Waals surface area (Å²) in [6, 6.07) is 14.4. The van der Waals surface area contributed by atoms with Gasteiger partial charge in [0, 0.05) is 37.6 Å². The summed E-state index contributed by atoms with van der Waals surface area (Å²) in [7, 11) is 3.34. The predicted molar refractivity (Wildman–Crippen MR) is 132 cm³/mol. The number of para-hydroxylation sites is 1. The van der Waals surface area contributed by atoms with Gasteiger partial charge in [0.2, 0.25) is 5.91 Å². The summed E-state index contributed by atoms with van der Waals surface area (Å²) in [6.07, 6.45) is 3.77. The van der Waals surface area contributed by atoms with Crippen LogP contribution in [0, 0.1) is 11.8 Å². The first-order valence-corrected chi connectivity index (χ1v) is 12.0. The van der Waals surface area contributed by atoms with E-state index in [1.54, 1.807) is 43.3 Å². The van der Waals surface area contributed by atoms with Crippen LogP contribution in [-0.4, -0.2) is 55.8 Å². The number of hydrogen-bond acceptors (Lipinski definition) is 5. The number of nitrogens with one attached hydrogen (secondary N) is 1. The monoisotopic (exact) mass is 477 g/mol. The Labute approximate surface area is 205 Å². The van der Waals surface area contributed by atoms with Gasteiger partial charge < -0.3 is 19.9 Å². The number of nitrogens with zero attached hydrogens (tertiary/aromatic N) is 2. The molecule has 8 nitrogen and oxygen atoms in total. The molecule has 0 spiro atoms. The molecule has 1 N–H and O–H groups in total. The van der Waals surface area contributed by atoms with E-state index in [0.717, 1.165) is 30.5 Å². The lowest BCUT2D eigenvalue weighted by Crippen LogP contribution is -2.42. The molecule has 2 atom stereocenters. The third kappa shape index (κ3) is 5.53. The largest absolute Gasteiger partial charge is 0.455 e. The smallest absolute Gasteiger partial charge is 0.310 e. The van der Waals surface area contributed by atoms with Crippen molar-refractivity contribution in [2.24, 2.45) is 11.8 Å². The van der Waals surface area contributed by atoms with Gasteiger partial charge in [-0.2, -0.15) is 0 Å². The highest BCUT2D eigenvalue weighted by molar-refractivity contribution is 6.00. The Morgan fingerprint density at radius 2 is 1.66 bits per heavy atom. The van der Waals surface area contributed by atoms with E-state index in [0.29, 0.717) is 30.6 Å². The van der Waals surface area contributed by atoms with Gasteiger partial charge >= 0.3 is 5.97 Å². The first-order valence-electron chi connectivity index (χ1n) is 12.0. The number of esters is 1. The third-order valence-corrected chi connectivity index (χ3v) is 6.71. The maximum absolute atomic E-state index is 13.4. The van der Waals surface area contributed by atoms with Gasteiger partial charge in [-0.25, -0.2) is 0 Å². The van der Waals surface area contributed by atoms with Gasteiger partial charge in [0.25, 0.3) is 11.8 Å². The van der Waals surface area contributed by atoms with Crippen LogP contribution >= 0.6 is 0 Å². The number of hydrogen-bond donors (Lipinski definition) is 1. The number of amides is 3. The van der Waals surface area contributed by atoms with Crippen molar-refractivity contribution in [3.8, 4) is 0 Å². The minimum absolute atomic E-state index is 0.0339. The fraction of sp³-hybridized carbons (Fsp3) is 0.407. The fourth-order valence-corrected chi connectivity index (χ4v) is 4.87. The number of fused-ring (bicyclic) bond motifs is 1. The van der Waals surface area contributed by atoms with E-state index in [4.69, 9.17) is 4.74 Å². The standard InChI is InChI=1S/C27H31N3O5/c1-29(2)25(32)19-11-13-20(14-12-19)28-24(31)17-35-27(34)22-9-5-4-8-21(22)26(33)30-16-15-18-7-3-6-10-23(18)30/h3,6-7,10-14,21-22H,4-5,8-9,15-17H2,1-2H3,(H,28,31). The molecule has 2 aromatic rings. The van der Waals surface area contributed by atoms with Gasteiger partial charge in [-0.3, -0.25) is 19.2 Å². The van der Waals surface area contributed by atoms with Crippen LogP contribution in [0.3, 0.4) is 0 Å². The molecule has 0 bridgehead atoms. The van der Waals surface area contributed by atoms with Crippen LogP contribution in [0.2, 0.25) is 0 Å². The zero-order valence-corrected chi connectivity index (χ0v) is 20.2. The highest BCUT2D eigenvalue weighted by atomic mass is 16.5. The predicted octanol–water partition coefficient (Wildman–Crippen LogP) is 3.27. The summed E-state index contributed by atoms with van der Waals surface area (Å²) >= 11 is 0. The lowest BCUT2D eigenvalue weighted by Gasteiger charge is -2.32. The molecule has 2 unspecified atom stereocenters. The summed E-state index contributed by atoms with van der Waals surface area (Å²) in [5.74, 6) is -2.13. The summed E-state index contributed by atoms with van der Waals surface area (Å²) < 4.78 is 5.34. The van der Waals surface area contributed by atoms with Gasteiger partial charge in [0.05, 0.1) is 11.8 Å². The minimum atomic E-state index is -0.548. The van der Waals surface area contributed by atoms with Crippen molar-refractivity contribution < 1.29 is 23.9 Å². The van der Waals surface area contributed by atoms with E-state index in [1.807, 2.05) is 24.3 Å². The van der Waals surface area contributed by atoms with Crippen molar-refractivity contribution in [3.05, 3.63) is 59.7 Å². The molecular formula is C27H31N3O5. The summed E-state index contributed by atoms with van der Waals surface area (Å²) in [6.45, 7) is 0.193. The topological polar surface area (TPSA) is 96.0 Å². The number of anilines is 2. The van der Waals surface area contributed by atoms with Gasteiger partial charge in [0.1, 0.15) is 0 Å². The zero-order valence-electron chi connectivity index (χ0n) is 20.2. The molecule has 0 radical (unpaired) electrons. The van der Waals surface area contributed by atoms with E-state index in [9.17, 15) is 19.2 Å². The molecule has 1 heterocycles. The summed E-state index contributed by atoms with van der Waals surface area (Å²) in [5, 5.41) is 2.67. The van der Waals surface area contributed by atoms with Crippen LogP contribution in [0.25, 0.3) is 0 Å². The van der Waals surface area contributed by atoms with Crippen molar-refractivity contribution in [2.75, 3.05) is 37.5 Å². The molecule has 2 aromatic carbocycles. The van der Waals surface area contributed by atoms with Crippen LogP contribution in [0.5, 0.6) is 0 Å². The molecule has 4 rings (SSSR count). The molecule has 35 heavy (non-hydrogen) atoms. The molecule has 1 aliphatic heterocycles. The maximum atomic E-state index is 13.4. The van der Waals surface area contributed by atoms with Crippen molar-refractivity contribution in [1.82, 2.24) is 4.90 Å². The Morgan fingerprint density at radius 1 is 0.971 bits per heavy atom. The molecule has 1 saturated carbocycles. The van der Waals surface area contributed by atoms with Gasteiger partial charge in [-0.05, 0) is 55.2 Å². The molecule has 1 aliphatic carbocycles. The second-order valence-electron chi connectivity index (χ2n) is 9.30. The molecular weight excluding hydrogens is 446 g/mol. The highest BCUT2D eigenvalue weighted by Crippen LogP contribution is 2.36. The molecule has 1 fully saturated rings. The molecule has 8 heteroatoms. The first kappa shape index (κ1) is 24.4. The minimum Gasteiger partial charge on any atom is -0.455 e. The van der Waals surface area contributed by atoms with E-state index >= 15 is 0 Å². The SMILES string of the molecule is CN(C)C(=O)c1ccc(NC(=O)COC(=O)C2CCCCC2C(=O)N2CCc3ccccc32)cc1. The second-order valence-corrected chi connectivity index (χ2v) is 9.30. The molecule has 184 valence electrons. The Morgan fingerprint density at radius 3 is 2.37 bits per heavy atom. The van der Waals surface area contributed by atoms with Crippen LogP contribution in [0.4, 0.5) is 11.4 Å². The van der Waals surface area contributed by atoms with Crippen LogP contribution < -0.4 is 10.2 Å². The van der Waals surface area contributed by atoms with Gasteiger partial charge in [0.15, 0.2) is 6.61 Å². The van der Waals surface area contributed by atoms with Crippen molar-refractivity contribution in [1.29, 1.82) is 0 Å². The number of benzene rings is 2. The van der Waals surface area contributed by atoms with Crippen LogP contribution in [0.1, 0.15) is 41.6 Å².